The van der Waals surface area contributed by atoms with E-state index in [9.17, 15) is 0 Å². The number of fused-ring (bicyclic) bond motifs is 2. The standard InChI is InChI=1S/C10H10BrN.C9H8BrN/c1-7-6-12(2)10-5-8(11)3-4-9(7)10;1-6-5-11-9-4-7(10)2-3-8(6)9/h3-6H,1-2H3;2-5,11H,1H3. The Labute approximate surface area is 152 Å². The molecular formula is C19H18Br2N2. The van der Waals surface area contributed by atoms with Crippen molar-refractivity contribution < 1.29 is 0 Å². The van der Waals surface area contributed by atoms with E-state index in [4.69, 9.17) is 0 Å². The molecule has 118 valence electrons. The van der Waals surface area contributed by atoms with Gasteiger partial charge in [0, 0.05) is 50.2 Å². The fraction of sp³-hybridized carbons (Fsp3) is 0.158. The van der Waals surface area contributed by atoms with Crippen molar-refractivity contribution in [2.24, 2.45) is 7.05 Å². The van der Waals surface area contributed by atoms with Crippen molar-refractivity contribution in [2.75, 3.05) is 0 Å². The summed E-state index contributed by atoms with van der Waals surface area (Å²) in [7, 11) is 2.07. The zero-order valence-electron chi connectivity index (χ0n) is 13.3. The number of hydrogen-bond acceptors (Lipinski definition) is 0. The third-order valence-corrected chi connectivity index (χ3v) is 4.99. The van der Waals surface area contributed by atoms with E-state index in [1.807, 2.05) is 6.20 Å². The van der Waals surface area contributed by atoms with E-state index in [0.717, 1.165) is 8.95 Å². The van der Waals surface area contributed by atoms with Crippen molar-refractivity contribution in [1.82, 2.24) is 9.55 Å². The number of H-pyrrole nitrogens is 1. The van der Waals surface area contributed by atoms with Crippen LogP contribution in [0.4, 0.5) is 0 Å². The number of rotatable bonds is 0. The molecule has 2 aromatic carbocycles. The average molecular weight is 434 g/mol. The lowest BCUT2D eigenvalue weighted by Crippen LogP contribution is -1.82. The number of nitrogens with zero attached hydrogens (tertiary/aromatic N) is 1. The summed E-state index contributed by atoms with van der Waals surface area (Å²) in [5.74, 6) is 0. The zero-order valence-corrected chi connectivity index (χ0v) is 16.5. The second kappa shape index (κ2) is 6.54. The van der Waals surface area contributed by atoms with E-state index in [-0.39, 0.29) is 0 Å². The molecule has 1 N–H and O–H groups in total. The molecule has 0 saturated carbocycles. The van der Waals surface area contributed by atoms with Crippen LogP contribution < -0.4 is 0 Å². The van der Waals surface area contributed by atoms with Gasteiger partial charge >= 0.3 is 0 Å². The van der Waals surface area contributed by atoms with Gasteiger partial charge < -0.3 is 9.55 Å². The molecule has 0 aliphatic rings. The van der Waals surface area contributed by atoms with E-state index >= 15 is 0 Å². The van der Waals surface area contributed by atoms with Gasteiger partial charge in [0.2, 0.25) is 0 Å². The smallest absolute Gasteiger partial charge is 0.0491 e. The van der Waals surface area contributed by atoms with Gasteiger partial charge in [-0.2, -0.15) is 0 Å². The Bertz CT molecular complexity index is 980. The molecule has 2 aromatic heterocycles. The SMILES string of the molecule is Cc1c[nH]c2cc(Br)ccc12.Cc1cn(C)c2cc(Br)ccc12. The normalized spacial score (nSPS) is 10.8. The first-order valence-corrected chi connectivity index (χ1v) is 8.99. The van der Waals surface area contributed by atoms with E-state index < -0.39 is 0 Å². The molecule has 0 bridgehead atoms. The first-order valence-electron chi connectivity index (χ1n) is 7.40. The van der Waals surface area contributed by atoms with Gasteiger partial charge in [0.05, 0.1) is 0 Å². The molecule has 0 radical (unpaired) electrons. The summed E-state index contributed by atoms with van der Waals surface area (Å²) in [5.41, 5.74) is 5.10. The molecule has 0 unspecified atom stereocenters. The summed E-state index contributed by atoms with van der Waals surface area (Å²) in [6.45, 7) is 4.24. The van der Waals surface area contributed by atoms with E-state index in [2.05, 4.69) is 105 Å². The van der Waals surface area contributed by atoms with Gasteiger partial charge in [-0.3, -0.25) is 0 Å². The molecule has 2 nitrogen and oxygen atoms in total. The van der Waals surface area contributed by atoms with Gasteiger partial charge in [0.15, 0.2) is 0 Å². The molecule has 23 heavy (non-hydrogen) atoms. The quantitative estimate of drug-likeness (QED) is 0.327. The number of aromatic nitrogens is 2. The minimum atomic E-state index is 1.12. The fourth-order valence-corrected chi connectivity index (χ4v) is 3.51. The molecule has 0 amide bonds. The predicted molar refractivity (Wildman–Crippen MR) is 106 cm³/mol. The van der Waals surface area contributed by atoms with Crippen LogP contribution in [0.25, 0.3) is 21.8 Å². The van der Waals surface area contributed by atoms with Crippen LogP contribution in [0, 0.1) is 13.8 Å². The number of benzene rings is 2. The molecule has 4 rings (SSSR count). The molecule has 0 spiro atoms. The molecule has 4 heteroatoms. The van der Waals surface area contributed by atoms with Crippen LogP contribution in [0.3, 0.4) is 0 Å². The highest BCUT2D eigenvalue weighted by Gasteiger charge is 2.01. The second-order valence-corrected chi connectivity index (χ2v) is 7.58. The van der Waals surface area contributed by atoms with Crippen LogP contribution in [0.15, 0.2) is 57.7 Å². The Kier molecular flexibility index (Phi) is 4.64. The number of nitrogens with one attached hydrogen (secondary N) is 1. The molecule has 2 heterocycles. The van der Waals surface area contributed by atoms with Gasteiger partial charge in [0.25, 0.3) is 0 Å². The minimum absolute atomic E-state index is 1.12. The van der Waals surface area contributed by atoms with Crippen molar-refractivity contribution in [3.8, 4) is 0 Å². The van der Waals surface area contributed by atoms with E-state index in [1.54, 1.807) is 0 Å². The van der Waals surface area contributed by atoms with Crippen molar-refractivity contribution in [3.05, 3.63) is 68.9 Å². The largest absolute Gasteiger partial charge is 0.361 e. The van der Waals surface area contributed by atoms with Crippen LogP contribution in [0.5, 0.6) is 0 Å². The third kappa shape index (κ3) is 3.38. The van der Waals surface area contributed by atoms with Crippen LogP contribution in [0.2, 0.25) is 0 Å². The van der Waals surface area contributed by atoms with Gasteiger partial charge in [0.1, 0.15) is 0 Å². The molecule has 0 atom stereocenters. The maximum Gasteiger partial charge on any atom is 0.0491 e. The lowest BCUT2D eigenvalue weighted by Gasteiger charge is -1.95. The minimum Gasteiger partial charge on any atom is -0.361 e. The van der Waals surface area contributed by atoms with E-state index in [1.165, 1.54) is 32.9 Å². The van der Waals surface area contributed by atoms with Crippen molar-refractivity contribution in [1.29, 1.82) is 0 Å². The zero-order chi connectivity index (χ0) is 16.6. The molecular weight excluding hydrogens is 416 g/mol. The Balaban J connectivity index is 0.000000136. The molecule has 0 saturated heterocycles. The fourth-order valence-electron chi connectivity index (χ4n) is 2.80. The highest BCUT2D eigenvalue weighted by atomic mass is 79.9. The number of hydrogen-bond donors (Lipinski definition) is 1. The first-order chi connectivity index (χ1) is 11.0. The highest BCUT2D eigenvalue weighted by Crippen LogP contribution is 2.23. The Morgan fingerprint density at radius 1 is 0.870 bits per heavy atom. The third-order valence-electron chi connectivity index (χ3n) is 4.00. The lowest BCUT2D eigenvalue weighted by molar-refractivity contribution is 0.963. The lowest BCUT2D eigenvalue weighted by atomic mass is 10.2. The van der Waals surface area contributed by atoms with Crippen molar-refractivity contribution in [3.63, 3.8) is 0 Å². The van der Waals surface area contributed by atoms with Crippen LogP contribution in [0.1, 0.15) is 11.1 Å². The summed E-state index contributed by atoms with van der Waals surface area (Å²) in [6.07, 6.45) is 4.17. The highest BCUT2D eigenvalue weighted by molar-refractivity contribution is 9.10. The van der Waals surface area contributed by atoms with Crippen LogP contribution >= 0.6 is 31.9 Å². The maximum atomic E-state index is 3.46. The van der Waals surface area contributed by atoms with Gasteiger partial charge in [-0.05, 0) is 49.2 Å². The Morgan fingerprint density at radius 3 is 2.26 bits per heavy atom. The van der Waals surface area contributed by atoms with Crippen LogP contribution in [-0.4, -0.2) is 9.55 Å². The number of aromatic amines is 1. The predicted octanol–water partition coefficient (Wildman–Crippen LogP) is 6.49. The number of halogens is 2. The summed E-state index contributed by atoms with van der Waals surface area (Å²) in [4.78, 5) is 3.20. The summed E-state index contributed by atoms with van der Waals surface area (Å²) in [6, 6.07) is 12.6. The molecule has 4 aromatic rings. The topological polar surface area (TPSA) is 20.7 Å². The first kappa shape index (κ1) is 16.3. The Morgan fingerprint density at radius 2 is 1.52 bits per heavy atom. The second-order valence-electron chi connectivity index (χ2n) is 5.75. The van der Waals surface area contributed by atoms with Gasteiger partial charge in [-0.1, -0.05) is 44.0 Å². The van der Waals surface area contributed by atoms with E-state index in [0.29, 0.717) is 0 Å². The summed E-state index contributed by atoms with van der Waals surface area (Å²) in [5, 5.41) is 2.63. The number of aryl methyl sites for hydroxylation is 3. The van der Waals surface area contributed by atoms with Crippen molar-refractivity contribution in [2.45, 2.75) is 13.8 Å². The Hall–Kier alpha value is -1.52. The summed E-state index contributed by atoms with van der Waals surface area (Å²) >= 11 is 6.88. The monoisotopic (exact) mass is 432 g/mol. The molecule has 0 fully saturated rings. The maximum absolute atomic E-state index is 3.46. The molecule has 0 aliphatic carbocycles. The van der Waals surface area contributed by atoms with Crippen LogP contribution in [-0.2, 0) is 7.05 Å². The average Bonchev–Trinajstić information content (AvgIpc) is 3.00. The van der Waals surface area contributed by atoms with Gasteiger partial charge in [-0.25, -0.2) is 0 Å². The van der Waals surface area contributed by atoms with Gasteiger partial charge in [-0.15, -0.1) is 0 Å². The van der Waals surface area contributed by atoms with Crippen molar-refractivity contribution >= 4 is 53.7 Å². The molecule has 0 aliphatic heterocycles. The summed E-state index contributed by atoms with van der Waals surface area (Å²) < 4.78 is 4.40.